The number of nitrogens with zero attached hydrogens (tertiary/aromatic N) is 4. The SMILES string of the molecule is CC(=Nc1ccc(N=C(C)c2ccncc2)cc1)c1ccncc1. The number of pyridine rings is 2. The molecule has 0 bridgehead atoms. The highest BCUT2D eigenvalue weighted by Gasteiger charge is 1.99. The van der Waals surface area contributed by atoms with Crippen molar-refractivity contribution >= 4 is 22.8 Å². The maximum atomic E-state index is 4.64. The maximum absolute atomic E-state index is 4.64. The van der Waals surface area contributed by atoms with Crippen molar-refractivity contribution in [2.24, 2.45) is 9.98 Å². The molecule has 0 aliphatic rings. The largest absolute Gasteiger partial charge is 0.265 e. The molecule has 0 spiro atoms. The average Bonchev–Trinajstić information content (AvgIpc) is 2.65. The van der Waals surface area contributed by atoms with Gasteiger partial charge >= 0.3 is 0 Å². The highest BCUT2D eigenvalue weighted by molar-refractivity contribution is 6.01. The quantitative estimate of drug-likeness (QED) is 0.652. The zero-order chi connectivity index (χ0) is 16.8. The summed E-state index contributed by atoms with van der Waals surface area (Å²) in [5.41, 5.74) is 5.87. The molecule has 0 amide bonds. The summed E-state index contributed by atoms with van der Waals surface area (Å²) in [7, 11) is 0. The van der Waals surface area contributed by atoms with Crippen LogP contribution in [0, 0.1) is 0 Å². The van der Waals surface area contributed by atoms with E-state index < -0.39 is 0 Å². The third kappa shape index (κ3) is 3.98. The number of hydrogen-bond acceptors (Lipinski definition) is 4. The highest BCUT2D eigenvalue weighted by Crippen LogP contribution is 2.20. The number of aliphatic imine (C=N–C) groups is 2. The van der Waals surface area contributed by atoms with Gasteiger partial charge in [0.25, 0.3) is 0 Å². The summed E-state index contributed by atoms with van der Waals surface area (Å²) in [6.07, 6.45) is 7.09. The summed E-state index contributed by atoms with van der Waals surface area (Å²) in [6.45, 7) is 3.99. The van der Waals surface area contributed by atoms with Crippen LogP contribution in [-0.2, 0) is 0 Å². The van der Waals surface area contributed by atoms with Gasteiger partial charge in [-0.2, -0.15) is 0 Å². The van der Waals surface area contributed by atoms with Crippen LogP contribution in [0.3, 0.4) is 0 Å². The molecule has 1 aromatic carbocycles. The van der Waals surface area contributed by atoms with E-state index in [0.29, 0.717) is 0 Å². The van der Waals surface area contributed by atoms with Crippen LogP contribution in [0.15, 0.2) is 83.3 Å². The minimum Gasteiger partial charge on any atom is -0.265 e. The zero-order valence-electron chi connectivity index (χ0n) is 13.7. The fourth-order valence-electron chi connectivity index (χ4n) is 2.30. The second-order valence-electron chi connectivity index (χ2n) is 5.38. The second kappa shape index (κ2) is 7.42. The summed E-state index contributed by atoms with van der Waals surface area (Å²) in [4.78, 5) is 17.3. The van der Waals surface area contributed by atoms with E-state index in [1.54, 1.807) is 24.8 Å². The predicted octanol–water partition coefficient (Wildman–Crippen LogP) is 4.76. The van der Waals surface area contributed by atoms with Crippen LogP contribution in [0.4, 0.5) is 11.4 Å². The van der Waals surface area contributed by atoms with E-state index in [-0.39, 0.29) is 0 Å². The third-order valence-electron chi connectivity index (χ3n) is 3.64. The van der Waals surface area contributed by atoms with E-state index in [4.69, 9.17) is 0 Å². The Hall–Kier alpha value is -3.14. The van der Waals surface area contributed by atoms with Crippen molar-refractivity contribution < 1.29 is 0 Å². The molecule has 4 heteroatoms. The van der Waals surface area contributed by atoms with Crippen LogP contribution in [-0.4, -0.2) is 21.4 Å². The van der Waals surface area contributed by atoms with Gasteiger partial charge in [-0.1, -0.05) is 0 Å². The van der Waals surface area contributed by atoms with Gasteiger partial charge in [-0.05, 0) is 73.5 Å². The molecule has 4 nitrogen and oxygen atoms in total. The Morgan fingerprint density at radius 1 is 0.583 bits per heavy atom. The van der Waals surface area contributed by atoms with Crippen LogP contribution in [0.25, 0.3) is 0 Å². The molecule has 0 atom stereocenters. The molecule has 0 fully saturated rings. The highest BCUT2D eigenvalue weighted by atomic mass is 14.8. The summed E-state index contributed by atoms with van der Waals surface area (Å²) >= 11 is 0. The molecule has 0 radical (unpaired) electrons. The van der Waals surface area contributed by atoms with Crippen molar-refractivity contribution in [3.63, 3.8) is 0 Å². The summed E-state index contributed by atoms with van der Waals surface area (Å²) in [5.74, 6) is 0. The minimum atomic E-state index is 0.907. The lowest BCUT2D eigenvalue weighted by Gasteiger charge is -2.03. The Labute approximate surface area is 141 Å². The Bertz CT molecular complexity index is 777. The molecule has 0 unspecified atom stereocenters. The first-order valence-corrected chi connectivity index (χ1v) is 7.74. The Morgan fingerprint density at radius 3 is 1.25 bits per heavy atom. The lowest BCUT2D eigenvalue weighted by atomic mass is 10.2. The smallest absolute Gasteiger partial charge is 0.0634 e. The van der Waals surface area contributed by atoms with Crippen molar-refractivity contribution in [3.8, 4) is 0 Å². The molecule has 24 heavy (non-hydrogen) atoms. The monoisotopic (exact) mass is 314 g/mol. The molecule has 0 aliphatic carbocycles. The summed E-state index contributed by atoms with van der Waals surface area (Å²) in [5, 5.41) is 0. The third-order valence-corrected chi connectivity index (χ3v) is 3.64. The van der Waals surface area contributed by atoms with E-state index in [1.165, 1.54) is 0 Å². The van der Waals surface area contributed by atoms with Crippen molar-refractivity contribution in [2.75, 3.05) is 0 Å². The second-order valence-corrected chi connectivity index (χ2v) is 5.38. The summed E-state index contributed by atoms with van der Waals surface area (Å²) < 4.78 is 0. The lowest BCUT2D eigenvalue weighted by Crippen LogP contribution is -1.94. The standard InChI is InChI=1S/C20H18N4/c1-15(17-7-11-21-12-8-17)23-19-3-5-20(6-4-19)24-16(2)18-9-13-22-14-10-18/h3-14H,1-2H3. The van der Waals surface area contributed by atoms with Crippen LogP contribution >= 0.6 is 0 Å². The Morgan fingerprint density at radius 2 is 0.917 bits per heavy atom. The number of hydrogen-bond donors (Lipinski definition) is 0. The van der Waals surface area contributed by atoms with Crippen LogP contribution in [0.2, 0.25) is 0 Å². The Kier molecular flexibility index (Phi) is 4.87. The number of benzene rings is 1. The first kappa shape index (κ1) is 15.7. The van der Waals surface area contributed by atoms with Gasteiger partial charge in [-0.25, -0.2) is 0 Å². The molecule has 2 aromatic heterocycles. The Balaban J connectivity index is 1.79. The topological polar surface area (TPSA) is 50.5 Å². The van der Waals surface area contributed by atoms with E-state index >= 15 is 0 Å². The molecular formula is C20H18N4. The van der Waals surface area contributed by atoms with Crippen molar-refractivity contribution in [2.45, 2.75) is 13.8 Å². The van der Waals surface area contributed by atoms with Crippen molar-refractivity contribution in [3.05, 3.63) is 84.4 Å². The van der Waals surface area contributed by atoms with Gasteiger partial charge < -0.3 is 0 Å². The number of aromatic nitrogens is 2. The molecular weight excluding hydrogens is 296 g/mol. The number of rotatable bonds is 4. The van der Waals surface area contributed by atoms with Gasteiger partial charge in [0.1, 0.15) is 0 Å². The molecule has 0 aliphatic heterocycles. The van der Waals surface area contributed by atoms with Crippen molar-refractivity contribution in [1.82, 2.24) is 9.97 Å². The van der Waals surface area contributed by atoms with Crippen LogP contribution in [0.5, 0.6) is 0 Å². The molecule has 3 rings (SSSR count). The normalized spacial score (nSPS) is 12.2. The van der Waals surface area contributed by atoms with Crippen LogP contribution < -0.4 is 0 Å². The first-order chi connectivity index (χ1) is 11.7. The molecule has 2 heterocycles. The van der Waals surface area contributed by atoms with Gasteiger partial charge in [0, 0.05) is 36.2 Å². The van der Waals surface area contributed by atoms with Gasteiger partial charge in [0.05, 0.1) is 11.4 Å². The predicted molar refractivity (Wildman–Crippen MR) is 98.7 cm³/mol. The fraction of sp³-hybridized carbons (Fsp3) is 0.100. The first-order valence-electron chi connectivity index (χ1n) is 7.74. The van der Waals surface area contributed by atoms with Gasteiger partial charge in [-0.3, -0.25) is 20.0 Å². The molecule has 3 aromatic rings. The van der Waals surface area contributed by atoms with Crippen molar-refractivity contribution in [1.29, 1.82) is 0 Å². The molecule has 0 saturated heterocycles. The summed E-state index contributed by atoms with van der Waals surface area (Å²) in [6, 6.07) is 15.7. The van der Waals surface area contributed by atoms with E-state index in [1.807, 2.05) is 62.4 Å². The van der Waals surface area contributed by atoms with Crippen LogP contribution in [0.1, 0.15) is 25.0 Å². The maximum Gasteiger partial charge on any atom is 0.0634 e. The van der Waals surface area contributed by atoms with Gasteiger partial charge in [-0.15, -0.1) is 0 Å². The van der Waals surface area contributed by atoms with Gasteiger partial charge in [0.2, 0.25) is 0 Å². The lowest BCUT2D eigenvalue weighted by molar-refractivity contribution is 1.31. The zero-order valence-corrected chi connectivity index (χ0v) is 13.7. The van der Waals surface area contributed by atoms with Gasteiger partial charge in [0.15, 0.2) is 0 Å². The molecule has 0 saturated carbocycles. The average molecular weight is 314 g/mol. The minimum absolute atomic E-state index is 0.907. The van der Waals surface area contributed by atoms with E-state index in [0.717, 1.165) is 33.9 Å². The van der Waals surface area contributed by atoms with E-state index in [2.05, 4.69) is 20.0 Å². The fourth-order valence-corrected chi connectivity index (χ4v) is 2.30. The molecule has 118 valence electrons. The van der Waals surface area contributed by atoms with E-state index in [9.17, 15) is 0 Å². The molecule has 0 N–H and O–H groups in total.